The van der Waals surface area contributed by atoms with Crippen molar-refractivity contribution in [1.82, 2.24) is 10.6 Å². The Morgan fingerprint density at radius 1 is 1.33 bits per heavy atom. The van der Waals surface area contributed by atoms with E-state index in [9.17, 15) is 8.42 Å². The molecule has 24 heavy (non-hydrogen) atoms. The summed E-state index contributed by atoms with van der Waals surface area (Å²) in [7, 11) is -2.82. The van der Waals surface area contributed by atoms with Crippen LogP contribution >= 0.6 is 11.3 Å². The van der Waals surface area contributed by atoms with Crippen LogP contribution in [0.15, 0.2) is 16.4 Å². The molecule has 1 aromatic rings. The molecule has 134 valence electrons. The number of guanidine groups is 1. The minimum absolute atomic E-state index is 0.203. The van der Waals surface area contributed by atoms with Crippen LogP contribution in [0.25, 0.3) is 0 Å². The Hall–Kier alpha value is -1.08. The van der Waals surface area contributed by atoms with E-state index in [0.717, 1.165) is 12.4 Å². The molecule has 2 fully saturated rings. The number of nitrogens with zero attached hydrogens (tertiary/aromatic N) is 1. The molecule has 0 radical (unpaired) electrons. The van der Waals surface area contributed by atoms with Crippen molar-refractivity contribution in [1.29, 1.82) is 0 Å². The fourth-order valence-electron chi connectivity index (χ4n) is 3.41. The van der Waals surface area contributed by atoms with E-state index in [1.54, 1.807) is 11.3 Å². The molecule has 1 atom stereocenters. The summed E-state index contributed by atoms with van der Waals surface area (Å²) in [5.41, 5.74) is 1.28. The highest BCUT2D eigenvalue weighted by Gasteiger charge is 2.28. The second kappa shape index (κ2) is 7.87. The minimum atomic E-state index is -2.82. The van der Waals surface area contributed by atoms with E-state index >= 15 is 0 Å². The van der Waals surface area contributed by atoms with Gasteiger partial charge in [0.1, 0.15) is 0 Å². The van der Waals surface area contributed by atoms with Gasteiger partial charge in [0.05, 0.1) is 18.1 Å². The summed E-state index contributed by atoms with van der Waals surface area (Å²) in [6.07, 6.45) is 5.69. The maximum absolute atomic E-state index is 11.6. The molecule has 5 nitrogen and oxygen atoms in total. The summed E-state index contributed by atoms with van der Waals surface area (Å²) >= 11 is 1.74. The quantitative estimate of drug-likeness (QED) is 0.618. The largest absolute Gasteiger partial charge is 0.356 e. The molecule has 1 saturated heterocycles. The van der Waals surface area contributed by atoms with Crippen molar-refractivity contribution in [2.24, 2.45) is 10.9 Å². The number of hydrogen-bond donors (Lipinski definition) is 2. The molecule has 1 aromatic heterocycles. The summed E-state index contributed by atoms with van der Waals surface area (Å²) < 4.78 is 23.2. The van der Waals surface area contributed by atoms with Gasteiger partial charge < -0.3 is 10.6 Å². The predicted octanol–water partition coefficient (Wildman–Crippen LogP) is 2.47. The van der Waals surface area contributed by atoms with Crippen LogP contribution in [0.2, 0.25) is 0 Å². The molecule has 0 bridgehead atoms. The van der Waals surface area contributed by atoms with Gasteiger partial charge in [0, 0.05) is 17.5 Å². The van der Waals surface area contributed by atoms with Crippen LogP contribution in [0, 0.1) is 12.8 Å². The lowest BCUT2D eigenvalue weighted by Crippen LogP contribution is -2.44. The molecular weight excluding hydrogens is 342 g/mol. The molecule has 1 aliphatic heterocycles. The van der Waals surface area contributed by atoms with Gasteiger partial charge >= 0.3 is 0 Å². The second-order valence-electron chi connectivity index (χ2n) is 6.97. The van der Waals surface area contributed by atoms with Crippen LogP contribution < -0.4 is 10.6 Å². The fraction of sp³-hybridized carbons (Fsp3) is 0.706. The Kier molecular flexibility index (Phi) is 5.81. The number of hydrogen-bond acceptors (Lipinski definition) is 4. The van der Waals surface area contributed by atoms with Crippen molar-refractivity contribution in [3.8, 4) is 0 Å². The zero-order chi connectivity index (χ0) is 17.0. The minimum Gasteiger partial charge on any atom is -0.356 e. The third kappa shape index (κ3) is 4.96. The average Bonchev–Trinajstić information content (AvgIpc) is 3.25. The van der Waals surface area contributed by atoms with Crippen LogP contribution in [-0.4, -0.2) is 38.5 Å². The van der Waals surface area contributed by atoms with Crippen molar-refractivity contribution in [2.45, 2.75) is 51.6 Å². The van der Waals surface area contributed by atoms with Gasteiger partial charge in [0.15, 0.2) is 15.8 Å². The normalized spacial score (nSPS) is 24.4. The van der Waals surface area contributed by atoms with Gasteiger partial charge in [-0.1, -0.05) is 12.8 Å². The topological polar surface area (TPSA) is 70.6 Å². The number of aryl methyl sites for hydroxylation is 1. The monoisotopic (exact) mass is 369 g/mol. The average molecular weight is 370 g/mol. The standard InChI is InChI=1S/C17H27N3O2S2/c1-13-6-8-23-16(13)11-19-17(20-15-4-2-3-5-15)18-10-14-7-9-24(21,22)12-14/h6,8,14-15H,2-5,7,9-12H2,1H3,(H2,18,19,20). The summed E-state index contributed by atoms with van der Waals surface area (Å²) in [6, 6.07) is 2.61. The second-order valence-corrected chi connectivity index (χ2v) is 10.2. The molecule has 2 aliphatic rings. The van der Waals surface area contributed by atoms with Crippen LogP contribution in [-0.2, 0) is 16.4 Å². The smallest absolute Gasteiger partial charge is 0.191 e. The number of sulfone groups is 1. The van der Waals surface area contributed by atoms with Gasteiger partial charge in [-0.05, 0) is 49.1 Å². The lowest BCUT2D eigenvalue weighted by Gasteiger charge is -2.19. The predicted molar refractivity (Wildman–Crippen MR) is 100 cm³/mol. The molecule has 1 unspecified atom stereocenters. The SMILES string of the molecule is Cc1ccsc1CN=C(NCC1CCS(=O)(=O)C1)NC1CCCC1. The number of aliphatic imine (C=N–C) groups is 1. The van der Waals surface area contributed by atoms with Crippen LogP contribution in [0.1, 0.15) is 42.5 Å². The van der Waals surface area contributed by atoms with Crippen molar-refractivity contribution < 1.29 is 8.42 Å². The summed E-state index contributed by atoms with van der Waals surface area (Å²) in [5, 5.41) is 9.02. The Morgan fingerprint density at radius 2 is 2.12 bits per heavy atom. The molecule has 2 N–H and O–H groups in total. The Bertz CT molecular complexity index is 676. The highest BCUT2D eigenvalue weighted by atomic mass is 32.2. The summed E-state index contributed by atoms with van der Waals surface area (Å²) in [6.45, 7) is 3.47. The molecule has 3 rings (SSSR count). The summed E-state index contributed by atoms with van der Waals surface area (Å²) in [4.78, 5) is 6.03. The van der Waals surface area contributed by atoms with Crippen molar-refractivity contribution >= 4 is 27.1 Å². The Balaban J connectivity index is 1.59. The van der Waals surface area contributed by atoms with Crippen LogP contribution in [0.3, 0.4) is 0 Å². The van der Waals surface area contributed by atoms with Crippen LogP contribution in [0.5, 0.6) is 0 Å². The first-order valence-electron chi connectivity index (χ1n) is 8.80. The number of rotatable bonds is 5. The molecule has 7 heteroatoms. The van der Waals surface area contributed by atoms with Crippen molar-refractivity contribution in [2.75, 3.05) is 18.1 Å². The van der Waals surface area contributed by atoms with Crippen LogP contribution in [0.4, 0.5) is 0 Å². The maximum Gasteiger partial charge on any atom is 0.191 e. The van der Waals surface area contributed by atoms with E-state index in [-0.39, 0.29) is 5.92 Å². The zero-order valence-corrected chi connectivity index (χ0v) is 15.9. The van der Waals surface area contributed by atoms with E-state index in [4.69, 9.17) is 4.99 Å². The van der Waals surface area contributed by atoms with Gasteiger partial charge in [0.2, 0.25) is 0 Å². The molecule has 1 saturated carbocycles. The first-order chi connectivity index (χ1) is 11.5. The third-order valence-corrected chi connectivity index (χ3v) is 7.77. The lowest BCUT2D eigenvalue weighted by atomic mass is 10.1. The third-order valence-electron chi connectivity index (χ3n) is 4.93. The Labute approximate surface area is 148 Å². The van der Waals surface area contributed by atoms with E-state index < -0.39 is 9.84 Å². The van der Waals surface area contributed by atoms with Gasteiger partial charge in [-0.25, -0.2) is 13.4 Å². The van der Waals surface area contributed by atoms with E-state index in [0.29, 0.717) is 30.6 Å². The highest BCUT2D eigenvalue weighted by Crippen LogP contribution is 2.20. The van der Waals surface area contributed by atoms with Crippen molar-refractivity contribution in [3.63, 3.8) is 0 Å². The lowest BCUT2D eigenvalue weighted by molar-refractivity contribution is 0.553. The first kappa shape index (κ1) is 17.7. The molecule has 1 aliphatic carbocycles. The van der Waals surface area contributed by atoms with E-state index in [1.165, 1.54) is 36.1 Å². The van der Waals surface area contributed by atoms with Gasteiger partial charge in [0.25, 0.3) is 0 Å². The highest BCUT2D eigenvalue weighted by molar-refractivity contribution is 7.91. The number of nitrogens with one attached hydrogen (secondary N) is 2. The first-order valence-corrected chi connectivity index (χ1v) is 11.5. The molecule has 0 amide bonds. The molecular formula is C17H27N3O2S2. The van der Waals surface area contributed by atoms with E-state index in [2.05, 4.69) is 29.0 Å². The number of thiophene rings is 1. The van der Waals surface area contributed by atoms with Gasteiger partial charge in [-0.3, -0.25) is 0 Å². The zero-order valence-electron chi connectivity index (χ0n) is 14.3. The van der Waals surface area contributed by atoms with Gasteiger partial charge in [-0.2, -0.15) is 0 Å². The maximum atomic E-state index is 11.6. The van der Waals surface area contributed by atoms with Gasteiger partial charge in [-0.15, -0.1) is 11.3 Å². The van der Waals surface area contributed by atoms with Crippen molar-refractivity contribution in [3.05, 3.63) is 21.9 Å². The molecule has 0 spiro atoms. The Morgan fingerprint density at radius 3 is 2.75 bits per heavy atom. The molecule has 2 heterocycles. The summed E-state index contributed by atoms with van der Waals surface area (Å²) in [5.74, 6) is 1.67. The molecule has 0 aromatic carbocycles. The fourth-order valence-corrected chi connectivity index (χ4v) is 6.10. The van der Waals surface area contributed by atoms with E-state index in [1.807, 2.05) is 0 Å².